The first-order valence-corrected chi connectivity index (χ1v) is 5.32. The highest BCUT2D eigenvalue weighted by Crippen LogP contribution is 2.29. The second kappa shape index (κ2) is 5.14. The second-order valence-corrected chi connectivity index (χ2v) is 3.65. The maximum absolute atomic E-state index is 11.8. The van der Waals surface area contributed by atoms with Gasteiger partial charge in [0.05, 0.1) is 0 Å². The third-order valence-corrected chi connectivity index (χ3v) is 2.43. The largest absolute Gasteiger partial charge is 0.504 e. The summed E-state index contributed by atoms with van der Waals surface area (Å²) in [6.07, 6.45) is 5.86. The number of benzene rings is 1. The van der Waals surface area contributed by atoms with Gasteiger partial charge in [0.2, 0.25) is 0 Å². The van der Waals surface area contributed by atoms with Crippen LogP contribution in [0.5, 0.6) is 11.5 Å². The van der Waals surface area contributed by atoms with Crippen LogP contribution in [-0.4, -0.2) is 21.0 Å². The van der Waals surface area contributed by atoms with Crippen LogP contribution in [-0.2, 0) is 0 Å². The minimum Gasteiger partial charge on any atom is -0.504 e. The molecule has 4 nitrogen and oxygen atoms in total. The van der Waals surface area contributed by atoms with Crippen LogP contribution in [0.1, 0.15) is 15.9 Å². The van der Waals surface area contributed by atoms with E-state index in [1.54, 1.807) is 24.3 Å². The summed E-state index contributed by atoms with van der Waals surface area (Å²) in [6, 6.07) is 7.78. The van der Waals surface area contributed by atoms with Gasteiger partial charge in [-0.05, 0) is 30.4 Å². The average Bonchev–Trinajstić information content (AvgIpc) is 2.41. The Kier molecular flexibility index (Phi) is 3.38. The zero-order chi connectivity index (χ0) is 13.0. The van der Waals surface area contributed by atoms with Crippen LogP contribution in [0.25, 0.3) is 6.08 Å². The number of phenolic OH excluding ortho intramolecular Hbond substituents is 2. The van der Waals surface area contributed by atoms with E-state index in [0.29, 0.717) is 11.1 Å². The number of allylic oxidation sites excluding steroid dienone is 1. The monoisotopic (exact) mass is 241 g/mol. The lowest BCUT2D eigenvalue weighted by Gasteiger charge is -2.00. The Morgan fingerprint density at radius 2 is 1.83 bits per heavy atom. The molecular formula is C14H11NO3. The Balaban J connectivity index is 2.22. The van der Waals surface area contributed by atoms with Crippen molar-refractivity contribution in [1.82, 2.24) is 4.98 Å². The van der Waals surface area contributed by atoms with Gasteiger partial charge in [0.1, 0.15) is 0 Å². The number of rotatable bonds is 3. The van der Waals surface area contributed by atoms with Crippen LogP contribution in [0.2, 0.25) is 0 Å². The van der Waals surface area contributed by atoms with Gasteiger partial charge in [-0.1, -0.05) is 12.1 Å². The molecule has 1 heterocycles. The van der Waals surface area contributed by atoms with Crippen molar-refractivity contribution >= 4 is 11.9 Å². The minimum atomic E-state index is -0.240. The molecule has 0 spiro atoms. The predicted octanol–water partition coefficient (Wildman–Crippen LogP) is 2.39. The van der Waals surface area contributed by atoms with Crippen molar-refractivity contribution < 1.29 is 15.0 Å². The molecule has 0 saturated heterocycles. The quantitative estimate of drug-likeness (QED) is 0.491. The molecule has 0 atom stereocenters. The third kappa shape index (κ3) is 2.55. The Labute approximate surface area is 104 Å². The molecule has 0 bridgehead atoms. The average molecular weight is 241 g/mol. The summed E-state index contributed by atoms with van der Waals surface area (Å²) in [5, 5.41) is 18.9. The molecule has 2 N–H and O–H groups in total. The second-order valence-electron chi connectivity index (χ2n) is 3.65. The Morgan fingerprint density at radius 3 is 2.56 bits per heavy atom. The van der Waals surface area contributed by atoms with Gasteiger partial charge in [0.25, 0.3) is 0 Å². The van der Waals surface area contributed by atoms with E-state index in [9.17, 15) is 15.0 Å². The fourth-order valence-electron chi connectivity index (χ4n) is 1.46. The van der Waals surface area contributed by atoms with E-state index in [1.807, 2.05) is 0 Å². The van der Waals surface area contributed by atoms with E-state index in [2.05, 4.69) is 4.98 Å². The molecule has 2 rings (SSSR count). The summed E-state index contributed by atoms with van der Waals surface area (Å²) in [5.74, 6) is -0.648. The Hall–Kier alpha value is -2.62. The molecule has 1 aromatic heterocycles. The number of ketones is 1. The molecular weight excluding hydrogens is 230 g/mol. The molecule has 0 radical (unpaired) electrons. The first kappa shape index (κ1) is 11.9. The number of aromatic nitrogens is 1. The SMILES string of the molecule is O=C(/C=C/c1cccc(O)c1O)c1ccncc1. The molecule has 0 unspecified atom stereocenters. The van der Waals surface area contributed by atoms with Gasteiger partial charge >= 0.3 is 0 Å². The standard InChI is InChI=1S/C14H11NO3/c16-12(10-6-8-15-9-7-10)5-4-11-2-1-3-13(17)14(11)18/h1-9,17-18H/b5-4+. The number of para-hydroxylation sites is 1. The fourth-order valence-corrected chi connectivity index (χ4v) is 1.46. The van der Waals surface area contributed by atoms with E-state index < -0.39 is 0 Å². The van der Waals surface area contributed by atoms with Crippen molar-refractivity contribution in [2.75, 3.05) is 0 Å². The molecule has 0 aliphatic carbocycles. The van der Waals surface area contributed by atoms with Gasteiger partial charge in [-0.15, -0.1) is 0 Å². The van der Waals surface area contributed by atoms with Gasteiger partial charge in [-0.3, -0.25) is 9.78 Å². The summed E-state index contributed by atoms with van der Waals surface area (Å²) in [5.41, 5.74) is 0.901. The molecule has 2 aromatic rings. The van der Waals surface area contributed by atoms with Crippen molar-refractivity contribution in [2.24, 2.45) is 0 Å². The lowest BCUT2D eigenvalue weighted by Crippen LogP contribution is -1.93. The molecule has 0 aliphatic heterocycles. The number of pyridine rings is 1. The number of nitrogens with zero attached hydrogens (tertiary/aromatic N) is 1. The first-order valence-electron chi connectivity index (χ1n) is 5.32. The summed E-state index contributed by atoms with van der Waals surface area (Å²) < 4.78 is 0. The van der Waals surface area contributed by atoms with Crippen molar-refractivity contribution in [1.29, 1.82) is 0 Å². The Bertz CT molecular complexity index is 591. The lowest BCUT2D eigenvalue weighted by molar-refractivity contribution is 0.104. The number of phenols is 2. The van der Waals surface area contributed by atoms with Gasteiger partial charge in [0, 0.05) is 23.5 Å². The first-order chi connectivity index (χ1) is 8.68. The van der Waals surface area contributed by atoms with Crippen molar-refractivity contribution in [3.8, 4) is 11.5 Å². The van der Waals surface area contributed by atoms with Crippen LogP contribution in [0.4, 0.5) is 0 Å². The van der Waals surface area contributed by atoms with Crippen LogP contribution in [0, 0.1) is 0 Å². The smallest absolute Gasteiger partial charge is 0.185 e. The van der Waals surface area contributed by atoms with Gasteiger partial charge in [-0.2, -0.15) is 0 Å². The molecule has 0 aliphatic rings. The van der Waals surface area contributed by atoms with E-state index in [1.165, 1.54) is 30.6 Å². The topological polar surface area (TPSA) is 70.4 Å². The van der Waals surface area contributed by atoms with Crippen molar-refractivity contribution in [3.05, 3.63) is 59.9 Å². The molecule has 0 saturated carbocycles. The van der Waals surface area contributed by atoms with Crippen LogP contribution in [0.3, 0.4) is 0 Å². The van der Waals surface area contributed by atoms with E-state index in [-0.39, 0.29) is 17.3 Å². The lowest BCUT2D eigenvalue weighted by atomic mass is 10.1. The maximum Gasteiger partial charge on any atom is 0.185 e. The predicted molar refractivity (Wildman–Crippen MR) is 67.4 cm³/mol. The highest BCUT2D eigenvalue weighted by molar-refractivity contribution is 6.06. The van der Waals surface area contributed by atoms with Crippen LogP contribution < -0.4 is 0 Å². The molecule has 18 heavy (non-hydrogen) atoms. The highest BCUT2D eigenvalue weighted by Gasteiger charge is 2.04. The Morgan fingerprint density at radius 1 is 1.11 bits per heavy atom. The van der Waals surface area contributed by atoms with E-state index >= 15 is 0 Å². The van der Waals surface area contributed by atoms with Crippen LogP contribution >= 0.6 is 0 Å². The third-order valence-electron chi connectivity index (χ3n) is 2.43. The zero-order valence-electron chi connectivity index (χ0n) is 9.45. The summed E-state index contributed by atoms with van der Waals surface area (Å²) in [7, 11) is 0. The number of hydrogen-bond donors (Lipinski definition) is 2. The van der Waals surface area contributed by atoms with Crippen molar-refractivity contribution in [3.63, 3.8) is 0 Å². The normalized spacial score (nSPS) is 10.7. The number of hydrogen-bond acceptors (Lipinski definition) is 4. The van der Waals surface area contributed by atoms with E-state index in [4.69, 9.17) is 0 Å². The maximum atomic E-state index is 11.8. The number of aromatic hydroxyl groups is 2. The van der Waals surface area contributed by atoms with Gasteiger partial charge in [-0.25, -0.2) is 0 Å². The van der Waals surface area contributed by atoms with Crippen LogP contribution in [0.15, 0.2) is 48.8 Å². The highest BCUT2D eigenvalue weighted by atomic mass is 16.3. The molecule has 90 valence electrons. The van der Waals surface area contributed by atoms with Gasteiger partial charge < -0.3 is 10.2 Å². The molecule has 0 fully saturated rings. The van der Waals surface area contributed by atoms with E-state index in [0.717, 1.165) is 0 Å². The molecule has 0 amide bonds. The summed E-state index contributed by atoms with van der Waals surface area (Å²) in [6.45, 7) is 0. The summed E-state index contributed by atoms with van der Waals surface area (Å²) >= 11 is 0. The minimum absolute atomic E-state index is 0.194. The fraction of sp³-hybridized carbons (Fsp3) is 0. The van der Waals surface area contributed by atoms with Gasteiger partial charge in [0.15, 0.2) is 17.3 Å². The number of carbonyl (C=O) groups is 1. The molecule has 1 aromatic carbocycles. The molecule has 4 heteroatoms. The van der Waals surface area contributed by atoms with Crippen molar-refractivity contribution in [2.45, 2.75) is 0 Å². The zero-order valence-corrected chi connectivity index (χ0v) is 9.45. The number of carbonyl (C=O) groups excluding carboxylic acids is 1. The summed E-state index contributed by atoms with van der Waals surface area (Å²) in [4.78, 5) is 15.6.